The first-order valence-corrected chi connectivity index (χ1v) is 5.04. The molecule has 2 rings (SSSR count). The molecule has 2 fully saturated rings. The van der Waals surface area contributed by atoms with Gasteiger partial charge >= 0.3 is 0 Å². The molecule has 0 aliphatic carbocycles. The van der Waals surface area contributed by atoms with E-state index in [9.17, 15) is 0 Å². The minimum atomic E-state index is -0.175. The summed E-state index contributed by atoms with van der Waals surface area (Å²) in [5.41, 5.74) is 0. The van der Waals surface area contributed by atoms with Crippen molar-refractivity contribution in [3.8, 4) is 0 Å². The SMILES string of the molecule is CC1CC[C@]2(CCCO2)OC1C. The second kappa shape index (κ2) is 3.00. The molecular formula is C10H18O2. The van der Waals surface area contributed by atoms with E-state index in [0.717, 1.165) is 19.4 Å². The van der Waals surface area contributed by atoms with E-state index in [1.165, 1.54) is 12.8 Å². The van der Waals surface area contributed by atoms with Crippen molar-refractivity contribution in [2.75, 3.05) is 6.61 Å². The van der Waals surface area contributed by atoms with Crippen LogP contribution in [0, 0.1) is 5.92 Å². The van der Waals surface area contributed by atoms with Crippen LogP contribution in [-0.4, -0.2) is 18.5 Å². The monoisotopic (exact) mass is 170 g/mol. The standard InChI is InChI=1S/C10H18O2/c1-8-4-6-10(12-9(8)2)5-3-7-11-10/h8-9H,3-7H2,1-2H3/t8?,9?,10-/m0/s1. The van der Waals surface area contributed by atoms with Gasteiger partial charge in [-0.2, -0.15) is 0 Å². The highest BCUT2D eigenvalue weighted by Gasteiger charge is 2.41. The Kier molecular flexibility index (Phi) is 2.13. The fourth-order valence-corrected chi connectivity index (χ4v) is 2.16. The zero-order valence-electron chi connectivity index (χ0n) is 8.01. The third-order valence-corrected chi connectivity index (χ3v) is 3.25. The van der Waals surface area contributed by atoms with Gasteiger partial charge in [0.25, 0.3) is 0 Å². The van der Waals surface area contributed by atoms with Crippen LogP contribution >= 0.6 is 0 Å². The molecule has 0 N–H and O–H groups in total. The molecule has 0 aromatic carbocycles. The van der Waals surface area contributed by atoms with E-state index in [4.69, 9.17) is 9.47 Å². The highest BCUT2D eigenvalue weighted by atomic mass is 16.7. The maximum atomic E-state index is 5.92. The molecule has 0 aromatic heterocycles. The van der Waals surface area contributed by atoms with E-state index >= 15 is 0 Å². The van der Waals surface area contributed by atoms with Gasteiger partial charge in [-0.1, -0.05) is 6.92 Å². The van der Waals surface area contributed by atoms with Crippen LogP contribution in [0.25, 0.3) is 0 Å². The Morgan fingerprint density at radius 3 is 2.67 bits per heavy atom. The van der Waals surface area contributed by atoms with E-state index in [-0.39, 0.29) is 5.79 Å². The third kappa shape index (κ3) is 1.38. The zero-order valence-corrected chi connectivity index (χ0v) is 8.01. The molecule has 2 unspecified atom stereocenters. The van der Waals surface area contributed by atoms with Crippen molar-refractivity contribution in [1.29, 1.82) is 0 Å². The maximum Gasteiger partial charge on any atom is 0.168 e. The van der Waals surface area contributed by atoms with Crippen molar-refractivity contribution < 1.29 is 9.47 Å². The van der Waals surface area contributed by atoms with Crippen LogP contribution < -0.4 is 0 Å². The Bertz CT molecular complexity index is 161. The average molecular weight is 170 g/mol. The van der Waals surface area contributed by atoms with Gasteiger partial charge < -0.3 is 9.47 Å². The van der Waals surface area contributed by atoms with Crippen LogP contribution in [-0.2, 0) is 9.47 Å². The molecule has 2 heterocycles. The lowest BCUT2D eigenvalue weighted by molar-refractivity contribution is -0.264. The first kappa shape index (κ1) is 8.52. The summed E-state index contributed by atoms with van der Waals surface area (Å²) in [6.45, 7) is 5.31. The van der Waals surface area contributed by atoms with Gasteiger partial charge in [0.1, 0.15) is 0 Å². The summed E-state index contributed by atoms with van der Waals surface area (Å²) in [6, 6.07) is 0. The molecule has 2 nitrogen and oxygen atoms in total. The Labute approximate surface area is 74.2 Å². The van der Waals surface area contributed by atoms with Crippen molar-refractivity contribution in [3.05, 3.63) is 0 Å². The largest absolute Gasteiger partial charge is 0.350 e. The summed E-state index contributed by atoms with van der Waals surface area (Å²) < 4.78 is 11.6. The van der Waals surface area contributed by atoms with Gasteiger partial charge in [0.15, 0.2) is 5.79 Å². The normalized spacial score (nSPS) is 48.5. The van der Waals surface area contributed by atoms with Crippen LogP contribution in [0.5, 0.6) is 0 Å². The molecule has 0 radical (unpaired) electrons. The van der Waals surface area contributed by atoms with Gasteiger partial charge in [0, 0.05) is 12.8 Å². The van der Waals surface area contributed by atoms with Gasteiger partial charge in [0.2, 0.25) is 0 Å². The molecule has 0 amide bonds. The minimum Gasteiger partial charge on any atom is -0.350 e. The van der Waals surface area contributed by atoms with Gasteiger partial charge in [-0.3, -0.25) is 0 Å². The van der Waals surface area contributed by atoms with Crippen molar-refractivity contribution in [2.45, 2.75) is 51.4 Å². The molecule has 0 aromatic rings. The highest BCUT2D eigenvalue weighted by molar-refractivity contribution is 4.83. The molecule has 1 spiro atoms. The number of hydrogen-bond donors (Lipinski definition) is 0. The second-order valence-electron chi connectivity index (χ2n) is 4.20. The van der Waals surface area contributed by atoms with Crippen LogP contribution in [0.2, 0.25) is 0 Å². The molecule has 0 saturated carbocycles. The van der Waals surface area contributed by atoms with E-state index in [2.05, 4.69) is 13.8 Å². The lowest BCUT2D eigenvalue weighted by Crippen LogP contribution is -2.42. The Balaban J connectivity index is 2.01. The molecule has 2 aliphatic rings. The van der Waals surface area contributed by atoms with Gasteiger partial charge in [-0.05, 0) is 25.7 Å². The summed E-state index contributed by atoms with van der Waals surface area (Å²) in [5.74, 6) is 0.520. The molecule has 12 heavy (non-hydrogen) atoms. The van der Waals surface area contributed by atoms with Crippen LogP contribution in [0.3, 0.4) is 0 Å². The lowest BCUT2D eigenvalue weighted by atomic mass is 9.91. The van der Waals surface area contributed by atoms with Crippen LogP contribution in [0.4, 0.5) is 0 Å². The van der Waals surface area contributed by atoms with Crippen molar-refractivity contribution in [1.82, 2.24) is 0 Å². The lowest BCUT2D eigenvalue weighted by Gasteiger charge is -2.39. The van der Waals surface area contributed by atoms with Crippen molar-refractivity contribution >= 4 is 0 Å². The highest BCUT2D eigenvalue weighted by Crippen LogP contribution is 2.39. The number of hydrogen-bond acceptors (Lipinski definition) is 2. The summed E-state index contributed by atoms with van der Waals surface area (Å²) in [6.07, 6.45) is 4.99. The Morgan fingerprint density at radius 1 is 1.25 bits per heavy atom. The van der Waals surface area contributed by atoms with Crippen molar-refractivity contribution in [2.24, 2.45) is 5.92 Å². The number of rotatable bonds is 0. The zero-order chi connectivity index (χ0) is 8.60. The summed E-state index contributed by atoms with van der Waals surface area (Å²) in [4.78, 5) is 0. The van der Waals surface area contributed by atoms with Gasteiger partial charge in [-0.25, -0.2) is 0 Å². The quantitative estimate of drug-likeness (QED) is 0.555. The van der Waals surface area contributed by atoms with E-state index in [0.29, 0.717) is 12.0 Å². The molecular weight excluding hydrogens is 152 g/mol. The molecule has 2 heteroatoms. The predicted octanol–water partition coefficient (Wildman–Crippen LogP) is 2.33. The molecule has 2 aliphatic heterocycles. The first-order chi connectivity index (χ1) is 5.72. The Hall–Kier alpha value is -0.0800. The summed E-state index contributed by atoms with van der Waals surface area (Å²) >= 11 is 0. The van der Waals surface area contributed by atoms with E-state index < -0.39 is 0 Å². The first-order valence-electron chi connectivity index (χ1n) is 5.04. The van der Waals surface area contributed by atoms with E-state index in [1.807, 2.05) is 0 Å². The minimum absolute atomic E-state index is 0.175. The Morgan fingerprint density at radius 2 is 2.08 bits per heavy atom. The second-order valence-corrected chi connectivity index (χ2v) is 4.20. The maximum absolute atomic E-state index is 5.92. The predicted molar refractivity (Wildman–Crippen MR) is 46.9 cm³/mol. The average Bonchev–Trinajstić information content (AvgIpc) is 2.47. The van der Waals surface area contributed by atoms with Gasteiger partial charge in [0.05, 0.1) is 12.7 Å². The molecule has 2 saturated heterocycles. The smallest absolute Gasteiger partial charge is 0.168 e. The van der Waals surface area contributed by atoms with Gasteiger partial charge in [-0.15, -0.1) is 0 Å². The summed E-state index contributed by atoms with van der Waals surface area (Å²) in [5, 5.41) is 0. The van der Waals surface area contributed by atoms with Crippen molar-refractivity contribution in [3.63, 3.8) is 0 Å². The fraction of sp³-hybridized carbons (Fsp3) is 1.00. The third-order valence-electron chi connectivity index (χ3n) is 3.25. The van der Waals surface area contributed by atoms with Crippen LogP contribution in [0.1, 0.15) is 39.5 Å². The van der Waals surface area contributed by atoms with E-state index in [1.54, 1.807) is 0 Å². The topological polar surface area (TPSA) is 18.5 Å². The number of ether oxygens (including phenoxy) is 2. The van der Waals surface area contributed by atoms with Crippen LogP contribution in [0.15, 0.2) is 0 Å². The summed E-state index contributed by atoms with van der Waals surface area (Å²) in [7, 11) is 0. The molecule has 0 bridgehead atoms. The molecule has 70 valence electrons. The molecule has 3 atom stereocenters. The fourth-order valence-electron chi connectivity index (χ4n) is 2.16.